The maximum atomic E-state index is 10.00. The minimum atomic E-state index is -1.50. The highest BCUT2D eigenvalue weighted by Crippen LogP contribution is 2.58. The van der Waals surface area contributed by atoms with E-state index in [1.54, 1.807) is 11.3 Å². The Balaban J connectivity index is 2.27. The smallest absolute Gasteiger partial charge is 0.192 e. The first-order valence-corrected chi connectivity index (χ1v) is 9.64. The zero-order valence-corrected chi connectivity index (χ0v) is 16.1. The number of nitrogens with two attached hydrogens (primary N) is 1. The molecule has 5 heteroatoms. The average molecular weight is 363 g/mol. The van der Waals surface area contributed by atoms with Gasteiger partial charge in [-0.15, -0.1) is 11.3 Å². The molecule has 0 fully saturated rings. The second-order valence-electron chi connectivity index (χ2n) is 8.23. The Bertz CT molecular complexity index is 880. The zero-order valence-electron chi connectivity index (χ0n) is 15.3. The van der Waals surface area contributed by atoms with Crippen molar-refractivity contribution in [3.63, 3.8) is 0 Å². The van der Waals surface area contributed by atoms with Crippen LogP contribution < -0.4 is 5.73 Å². The molecule has 0 aliphatic heterocycles. The van der Waals surface area contributed by atoms with E-state index < -0.39 is 5.41 Å². The van der Waals surface area contributed by atoms with Gasteiger partial charge in [-0.25, -0.2) is 0 Å². The van der Waals surface area contributed by atoms with Crippen LogP contribution in [0.15, 0.2) is 40.4 Å². The third kappa shape index (κ3) is 2.54. The van der Waals surface area contributed by atoms with Crippen LogP contribution in [0.3, 0.4) is 0 Å². The van der Waals surface area contributed by atoms with Crippen LogP contribution in [0.1, 0.15) is 44.4 Å². The maximum absolute atomic E-state index is 10.00. The number of fused-ring (bicyclic) bond motifs is 1. The van der Waals surface area contributed by atoms with Crippen LogP contribution in [-0.4, -0.2) is 0 Å². The van der Waals surface area contributed by atoms with Crippen LogP contribution in [0.4, 0.5) is 0 Å². The second-order valence-corrected chi connectivity index (χ2v) is 9.20. The summed E-state index contributed by atoms with van der Waals surface area (Å²) < 4.78 is 0. The molecule has 0 amide bonds. The molecule has 0 bridgehead atoms. The Hall–Kier alpha value is -2.55. The van der Waals surface area contributed by atoms with Crippen molar-refractivity contribution >= 4 is 11.3 Å². The largest absolute Gasteiger partial charge is 0.399 e. The van der Waals surface area contributed by atoms with Gasteiger partial charge in [0.1, 0.15) is 6.07 Å². The number of thiophene rings is 1. The van der Waals surface area contributed by atoms with E-state index in [-0.39, 0.29) is 22.9 Å². The maximum Gasteiger partial charge on any atom is 0.192 e. The molecule has 4 nitrogen and oxygen atoms in total. The van der Waals surface area contributed by atoms with E-state index in [0.29, 0.717) is 11.5 Å². The highest BCUT2D eigenvalue weighted by atomic mass is 32.1. The van der Waals surface area contributed by atoms with Crippen molar-refractivity contribution in [1.29, 1.82) is 15.8 Å². The molecule has 0 saturated carbocycles. The molecule has 0 saturated heterocycles. The van der Waals surface area contributed by atoms with Crippen LogP contribution in [0.5, 0.6) is 0 Å². The van der Waals surface area contributed by atoms with Gasteiger partial charge >= 0.3 is 0 Å². The van der Waals surface area contributed by atoms with Gasteiger partial charge in [-0.3, -0.25) is 0 Å². The van der Waals surface area contributed by atoms with Crippen molar-refractivity contribution in [2.45, 2.75) is 39.5 Å². The van der Waals surface area contributed by atoms with Gasteiger partial charge in [0.05, 0.1) is 23.4 Å². The molecule has 26 heavy (non-hydrogen) atoms. The summed E-state index contributed by atoms with van der Waals surface area (Å²) in [4.78, 5) is 0.985. The second kappa shape index (κ2) is 6.31. The van der Waals surface area contributed by atoms with Gasteiger partial charge in [-0.1, -0.05) is 32.9 Å². The number of nitrogens with zero attached hydrogens (tertiary/aromatic N) is 3. The van der Waals surface area contributed by atoms with E-state index in [1.807, 2.05) is 17.5 Å². The number of nitriles is 3. The highest BCUT2D eigenvalue weighted by molar-refractivity contribution is 7.10. The van der Waals surface area contributed by atoms with Gasteiger partial charge < -0.3 is 5.73 Å². The fourth-order valence-electron chi connectivity index (χ4n) is 4.37. The molecule has 0 radical (unpaired) electrons. The van der Waals surface area contributed by atoms with Crippen molar-refractivity contribution < 1.29 is 0 Å². The van der Waals surface area contributed by atoms with E-state index >= 15 is 0 Å². The van der Waals surface area contributed by atoms with Crippen LogP contribution in [0.2, 0.25) is 0 Å². The molecular weight excluding hydrogens is 340 g/mol. The molecule has 3 atom stereocenters. The monoisotopic (exact) mass is 362 g/mol. The lowest BCUT2D eigenvalue weighted by molar-refractivity contribution is 0.171. The average Bonchev–Trinajstić information content (AvgIpc) is 3.13. The fourth-order valence-corrected chi connectivity index (χ4v) is 5.33. The predicted molar refractivity (Wildman–Crippen MR) is 101 cm³/mol. The molecule has 3 rings (SSSR count). The van der Waals surface area contributed by atoms with Gasteiger partial charge in [-0.2, -0.15) is 15.8 Å². The number of allylic oxidation sites excluding steroid dienone is 4. The molecule has 0 unspecified atom stereocenters. The molecule has 2 N–H and O–H groups in total. The summed E-state index contributed by atoms with van der Waals surface area (Å²) in [6, 6.07) is 10.5. The number of hydrogen-bond donors (Lipinski definition) is 1. The molecule has 1 heterocycles. The topological polar surface area (TPSA) is 97.4 Å². The Kier molecular flexibility index (Phi) is 4.43. The third-order valence-corrected chi connectivity index (χ3v) is 6.91. The first-order valence-electron chi connectivity index (χ1n) is 8.76. The first-order chi connectivity index (χ1) is 12.3. The molecular formula is C21H22N4S. The minimum Gasteiger partial charge on any atom is -0.399 e. The van der Waals surface area contributed by atoms with E-state index in [4.69, 9.17) is 5.73 Å². The summed E-state index contributed by atoms with van der Waals surface area (Å²) in [5, 5.41) is 31.7. The SMILES string of the molecule is CC(C)(C)[C@H]1CC=C2C(C#N)=C(N)C(C#N)(C#N)[C@@H](c3cccs3)[C@H]2C1. The predicted octanol–water partition coefficient (Wildman–Crippen LogP) is 4.61. The Morgan fingerprint density at radius 3 is 2.42 bits per heavy atom. The van der Waals surface area contributed by atoms with Crippen molar-refractivity contribution in [2.75, 3.05) is 0 Å². The minimum absolute atomic E-state index is 0.0483. The number of rotatable bonds is 1. The Morgan fingerprint density at radius 2 is 1.92 bits per heavy atom. The van der Waals surface area contributed by atoms with E-state index in [0.717, 1.165) is 23.3 Å². The third-order valence-electron chi connectivity index (χ3n) is 5.95. The molecule has 1 aromatic heterocycles. The lowest BCUT2D eigenvalue weighted by Crippen LogP contribution is -2.44. The van der Waals surface area contributed by atoms with Gasteiger partial charge in [0.25, 0.3) is 0 Å². The summed E-state index contributed by atoms with van der Waals surface area (Å²) in [6.45, 7) is 6.66. The molecule has 0 aromatic carbocycles. The van der Waals surface area contributed by atoms with Gasteiger partial charge in [0.15, 0.2) is 5.41 Å². The summed E-state index contributed by atoms with van der Waals surface area (Å²) in [5.41, 5.74) is 6.27. The summed E-state index contributed by atoms with van der Waals surface area (Å²) in [5.74, 6) is 0.0342. The van der Waals surface area contributed by atoms with Crippen LogP contribution in [0, 0.1) is 56.7 Å². The summed E-state index contributed by atoms with van der Waals surface area (Å²) in [7, 11) is 0. The quantitative estimate of drug-likeness (QED) is 0.788. The normalized spacial score (nSPS) is 27.5. The van der Waals surface area contributed by atoms with Gasteiger partial charge in [0, 0.05) is 10.8 Å². The molecule has 0 spiro atoms. The van der Waals surface area contributed by atoms with Crippen LogP contribution in [0.25, 0.3) is 0 Å². The van der Waals surface area contributed by atoms with Crippen LogP contribution >= 0.6 is 11.3 Å². The fraction of sp³-hybridized carbons (Fsp3) is 0.476. The van der Waals surface area contributed by atoms with Crippen molar-refractivity contribution in [3.05, 3.63) is 45.3 Å². The molecule has 132 valence electrons. The van der Waals surface area contributed by atoms with Crippen molar-refractivity contribution in [1.82, 2.24) is 0 Å². The first kappa shape index (κ1) is 18.2. The van der Waals surface area contributed by atoms with E-state index in [1.165, 1.54) is 0 Å². The Labute approximate surface area is 158 Å². The summed E-state index contributed by atoms with van der Waals surface area (Å²) in [6.07, 6.45) is 3.85. The standard InChI is InChI=1S/C21H22N4S/c1-20(2,3)13-6-7-14-15(9-13)18(17-5-4-8-26-17)21(11-23,12-24)19(25)16(14)10-22/h4-5,7-8,13,15,18H,6,9,25H2,1-3H3/t13-,15-,18+/m0/s1. The highest BCUT2D eigenvalue weighted by Gasteiger charge is 2.55. The summed E-state index contributed by atoms with van der Waals surface area (Å²) >= 11 is 1.55. The molecule has 2 aliphatic carbocycles. The van der Waals surface area contributed by atoms with Crippen molar-refractivity contribution in [3.8, 4) is 18.2 Å². The van der Waals surface area contributed by atoms with Crippen molar-refractivity contribution in [2.24, 2.45) is 28.4 Å². The lowest BCUT2D eigenvalue weighted by Gasteiger charge is -2.46. The molecule has 2 aliphatic rings. The van der Waals surface area contributed by atoms with Crippen LogP contribution in [-0.2, 0) is 0 Å². The van der Waals surface area contributed by atoms with E-state index in [2.05, 4.69) is 45.1 Å². The van der Waals surface area contributed by atoms with Gasteiger partial charge in [-0.05, 0) is 47.1 Å². The number of hydrogen-bond acceptors (Lipinski definition) is 5. The molecule has 1 aromatic rings. The van der Waals surface area contributed by atoms with Gasteiger partial charge in [0.2, 0.25) is 0 Å². The zero-order chi connectivity index (χ0) is 19.1. The Morgan fingerprint density at radius 1 is 1.23 bits per heavy atom. The lowest BCUT2D eigenvalue weighted by atomic mass is 9.55. The van der Waals surface area contributed by atoms with E-state index in [9.17, 15) is 15.8 Å².